The van der Waals surface area contributed by atoms with E-state index >= 15 is 0 Å². The van der Waals surface area contributed by atoms with Crippen molar-refractivity contribution < 1.29 is 28.7 Å². The van der Waals surface area contributed by atoms with Crippen LogP contribution >= 0.6 is 0 Å². The monoisotopic (exact) mass is 774 g/mol. The molecule has 8 rings (SSSR count). The number of Topliss-reactive ketones (excluding diaryl/α,β-unsaturated/α-hetero) is 2. The first-order valence-corrected chi connectivity index (χ1v) is 20.6. The average molecular weight is 775 g/mol. The molecule has 0 saturated heterocycles. The summed E-state index contributed by atoms with van der Waals surface area (Å²) in [6.45, 7) is -0.359. The molecule has 2 saturated carbocycles. The van der Waals surface area contributed by atoms with E-state index in [-0.39, 0.29) is 36.7 Å². The molecule has 0 aliphatic heterocycles. The number of carbonyl (C=O) groups excluding carboxylic acids is 4. The number of carbonyl (C=O) groups is 4. The summed E-state index contributed by atoms with van der Waals surface area (Å²) >= 11 is 0. The first kappa shape index (κ1) is 40.2. The minimum absolute atomic E-state index is 0.160. The van der Waals surface area contributed by atoms with E-state index in [1.807, 2.05) is 36.7 Å². The first-order valence-electron chi connectivity index (χ1n) is 20.6. The van der Waals surface area contributed by atoms with Crippen molar-refractivity contribution in [2.75, 3.05) is 13.2 Å². The predicted molar refractivity (Wildman–Crippen MR) is 226 cm³/mol. The van der Waals surface area contributed by atoms with E-state index in [1.165, 1.54) is 21.9 Å². The number of hydrogen-bond donors (Lipinski definition) is 0. The van der Waals surface area contributed by atoms with Crippen LogP contribution in [0.5, 0.6) is 0 Å². The standard InChI is InChI=1S/2C25H25NO3/c2*27-24(20-6-2-1-3-7-20)17-29-25(28)16-18-10-12-19(13-11-18)21-14-15-26-23-9-5-4-8-22(21)23/h2*1-9,14-15,18-19H,10-13,16-17H2. The van der Waals surface area contributed by atoms with Gasteiger partial charge in [-0.3, -0.25) is 29.1 Å². The Labute approximate surface area is 340 Å². The van der Waals surface area contributed by atoms with E-state index in [2.05, 4.69) is 58.5 Å². The van der Waals surface area contributed by atoms with Gasteiger partial charge in [-0.2, -0.15) is 0 Å². The minimum atomic E-state index is -0.271. The largest absolute Gasteiger partial charge is 0.457 e. The van der Waals surface area contributed by atoms with E-state index < -0.39 is 0 Å². The number of hydrogen-bond acceptors (Lipinski definition) is 8. The number of pyridine rings is 2. The van der Waals surface area contributed by atoms with Crippen molar-refractivity contribution in [3.05, 3.63) is 156 Å². The molecule has 4 aromatic carbocycles. The molecule has 2 heterocycles. The number of nitrogens with zero attached hydrogens (tertiary/aromatic N) is 2. The van der Waals surface area contributed by atoms with Crippen molar-refractivity contribution in [3.8, 4) is 0 Å². The summed E-state index contributed by atoms with van der Waals surface area (Å²) in [4.78, 5) is 57.4. The van der Waals surface area contributed by atoms with E-state index in [0.717, 1.165) is 62.4 Å². The molecule has 0 N–H and O–H groups in total. The number of aromatic nitrogens is 2. The van der Waals surface area contributed by atoms with Gasteiger partial charge in [-0.25, -0.2) is 0 Å². The Bertz CT molecular complexity index is 2140. The lowest BCUT2D eigenvalue weighted by Gasteiger charge is -2.29. The molecule has 0 atom stereocenters. The van der Waals surface area contributed by atoms with Crippen LogP contribution in [0.2, 0.25) is 0 Å². The van der Waals surface area contributed by atoms with Gasteiger partial charge in [-0.15, -0.1) is 0 Å². The fraction of sp³-hybridized carbons (Fsp3) is 0.320. The van der Waals surface area contributed by atoms with Gasteiger partial charge in [-0.1, -0.05) is 97.1 Å². The number of para-hydroxylation sites is 2. The van der Waals surface area contributed by atoms with Crippen LogP contribution in [0.25, 0.3) is 21.8 Å². The molecule has 2 aliphatic rings. The van der Waals surface area contributed by atoms with Crippen LogP contribution in [-0.4, -0.2) is 46.7 Å². The third-order valence-electron chi connectivity index (χ3n) is 11.8. The molecule has 8 heteroatoms. The van der Waals surface area contributed by atoms with Gasteiger partial charge in [0.05, 0.1) is 11.0 Å². The van der Waals surface area contributed by atoms with Crippen molar-refractivity contribution in [1.82, 2.24) is 9.97 Å². The summed E-state index contributed by atoms with van der Waals surface area (Å²) < 4.78 is 10.5. The van der Waals surface area contributed by atoms with E-state index in [9.17, 15) is 19.2 Å². The highest BCUT2D eigenvalue weighted by molar-refractivity contribution is 5.98. The van der Waals surface area contributed by atoms with Gasteiger partial charge in [0.2, 0.25) is 0 Å². The Morgan fingerprint density at radius 2 is 0.810 bits per heavy atom. The van der Waals surface area contributed by atoms with Crippen molar-refractivity contribution in [3.63, 3.8) is 0 Å². The van der Waals surface area contributed by atoms with Crippen LogP contribution in [0.1, 0.15) is 108 Å². The summed E-state index contributed by atoms with van der Waals surface area (Å²) in [6, 6.07) is 38.7. The van der Waals surface area contributed by atoms with Crippen molar-refractivity contribution in [1.29, 1.82) is 0 Å². The molecule has 0 amide bonds. The summed E-state index contributed by atoms with van der Waals surface area (Å²) in [5.41, 5.74) is 5.96. The summed E-state index contributed by atoms with van der Waals surface area (Å²) in [6.07, 6.45) is 12.8. The van der Waals surface area contributed by atoms with Crippen molar-refractivity contribution in [2.45, 2.75) is 76.0 Å². The number of ether oxygens (including phenoxy) is 2. The molecule has 0 spiro atoms. The lowest BCUT2D eigenvalue weighted by molar-refractivity contribution is -0.144. The molecule has 0 unspecified atom stereocenters. The quantitative estimate of drug-likeness (QED) is 0.0892. The summed E-state index contributed by atoms with van der Waals surface area (Å²) in [7, 11) is 0. The molecular formula is C50H50N2O6. The number of esters is 2. The molecule has 2 fully saturated rings. The maximum absolute atomic E-state index is 12.2. The molecular weight excluding hydrogens is 725 g/mol. The third-order valence-corrected chi connectivity index (χ3v) is 11.8. The molecule has 58 heavy (non-hydrogen) atoms. The van der Waals surface area contributed by atoms with Crippen LogP contribution in [-0.2, 0) is 19.1 Å². The smallest absolute Gasteiger partial charge is 0.306 e. The van der Waals surface area contributed by atoms with Crippen LogP contribution in [0, 0.1) is 11.8 Å². The maximum Gasteiger partial charge on any atom is 0.306 e. The molecule has 0 bridgehead atoms. The average Bonchev–Trinajstić information content (AvgIpc) is 3.28. The zero-order valence-corrected chi connectivity index (χ0v) is 32.8. The fourth-order valence-corrected chi connectivity index (χ4v) is 8.60. The molecule has 8 nitrogen and oxygen atoms in total. The van der Waals surface area contributed by atoms with Crippen LogP contribution < -0.4 is 0 Å². The van der Waals surface area contributed by atoms with E-state index in [1.54, 1.807) is 48.5 Å². The molecule has 2 aliphatic carbocycles. The Balaban J connectivity index is 0.000000177. The molecule has 6 aromatic rings. The normalized spacial score (nSPS) is 19.0. The Kier molecular flexibility index (Phi) is 13.8. The highest BCUT2D eigenvalue weighted by Crippen LogP contribution is 2.40. The van der Waals surface area contributed by atoms with Crippen LogP contribution in [0.3, 0.4) is 0 Å². The predicted octanol–water partition coefficient (Wildman–Crippen LogP) is 10.6. The maximum atomic E-state index is 12.2. The zero-order chi connectivity index (χ0) is 40.1. The third kappa shape index (κ3) is 10.7. The highest BCUT2D eigenvalue weighted by atomic mass is 16.5. The topological polar surface area (TPSA) is 113 Å². The second-order valence-electron chi connectivity index (χ2n) is 15.6. The van der Waals surface area contributed by atoms with Gasteiger partial charge in [0.25, 0.3) is 0 Å². The molecule has 0 radical (unpaired) electrons. The Hall–Kier alpha value is -6.02. The Morgan fingerprint density at radius 3 is 1.21 bits per heavy atom. The number of fused-ring (bicyclic) bond motifs is 2. The van der Waals surface area contributed by atoms with Gasteiger partial charge in [0.1, 0.15) is 0 Å². The van der Waals surface area contributed by atoms with Gasteiger partial charge in [0.15, 0.2) is 24.8 Å². The minimum Gasteiger partial charge on any atom is -0.457 e. The SMILES string of the molecule is O=C(CC1CCC(c2ccnc3ccccc23)CC1)OCC(=O)c1ccccc1.O=C(CC1CCC(c2ccnc3ccccc23)CC1)OCC(=O)c1ccccc1. The number of benzene rings is 4. The molecule has 296 valence electrons. The van der Waals surface area contributed by atoms with Crippen LogP contribution in [0.15, 0.2) is 134 Å². The molecule has 2 aromatic heterocycles. The lowest BCUT2D eigenvalue weighted by atomic mass is 9.77. The van der Waals surface area contributed by atoms with Gasteiger partial charge >= 0.3 is 11.9 Å². The second kappa shape index (κ2) is 19.9. The van der Waals surface area contributed by atoms with E-state index in [4.69, 9.17) is 9.47 Å². The summed E-state index contributed by atoms with van der Waals surface area (Å²) in [5, 5.41) is 2.47. The second-order valence-corrected chi connectivity index (χ2v) is 15.6. The van der Waals surface area contributed by atoms with Gasteiger partial charge < -0.3 is 9.47 Å². The van der Waals surface area contributed by atoms with Gasteiger partial charge in [0, 0.05) is 47.1 Å². The lowest BCUT2D eigenvalue weighted by Crippen LogP contribution is -2.20. The van der Waals surface area contributed by atoms with Crippen molar-refractivity contribution in [2.24, 2.45) is 11.8 Å². The van der Waals surface area contributed by atoms with E-state index in [0.29, 0.717) is 47.6 Å². The highest BCUT2D eigenvalue weighted by Gasteiger charge is 2.27. The summed E-state index contributed by atoms with van der Waals surface area (Å²) in [5.74, 6) is 0.820. The zero-order valence-electron chi connectivity index (χ0n) is 32.8. The van der Waals surface area contributed by atoms with Gasteiger partial charge in [-0.05, 0) is 110 Å². The number of ketones is 2. The fourth-order valence-electron chi connectivity index (χ4n) is 8.60. The van der Waals surface area contributed by atoms with Crippen LogP contribution in [0.4, 0.5) is 0 Å². The van der Waals surface area contributed by atoms with Crippen molar-refractivity contribution >= 4 is 45.3 Å². The Morgan fingerprint density at radius 1 is 0.448 bits per heavy atom. The number of rotatable bonds is 12. The first-order chi connectivity index (χ1) is 28.4.